The second-order valence-corrected chi connectivity index (χ2v) is 4.06. The second kappa shape index (κ2) is 5.35. The number of nitrogen functional groups attached to an aromatic ring is 1. The molecular weight excluding hydrogens is 256 g/mol. The third-order valence-electron chi connectivity index (χ3n) is 2.67. The molecule has 0 unspecified atom stereocenters. The molecule has 0 radical (unpaired) electrons. The summed E-state index contributed by atoms with van der Waals surface area (Å²) in [5, 5.41) is 12.4. The first kappa shape index (κ1) is 12.1. The molecule has 0 aromatic carbocycles. The Hall–Kier alpha value is -2.96. The van der Waals surface area contributed by atoms with Gasteiger partial charge in [0.15, 0.2) is 11.5 Å². The fraction of sp³-hybridized carbons (Fsp3) is 0.0769. The van der Waals surface area contributed by atoms with Crippen LogP contribution in [0.5, 0.6) is 0 Å². The summed E-state index contributed by atoms with van der Waals surface area (Å²) in [6.45, 7) is 0. The van der Waals surface area contributed by atoms with E-state index in [1.165, 1.54) is 6.26 Å². The summed E-state index contributed by atoms with van der Waals surface area (Å²) < 4.78 is 6.80. The molecule has 7 nitrogen and oxygen atoms in total. The van der Waals surface area contributed by atoms with E-state index < -0.39 is 0 Å². The molecule has 0 fully saturated rings. The summed E-state index contributed by atoms with van der Waals surface area (Å²) in [4.78, 5) is 3.88. The summed E-state index contributed by atoms with van der Waals surface area (Å²) >= 11 is 0. The molecule has 0 saturated heterocycles. The van der Waals surface area contributed by atoms with Gasteiger partial charge in [-0.2, -0.15) is 9.61 Å². The summed E-state index contributed by atoms with van der Waals surface area (Å²) in [7, 11) is 0. The maximum atomic E-state index is 5.50. The van der Waals surface area contributed by atoms with Crippen LogP contribution in [-0.2, 0) is 6.42 Å². The SMILES string of the molecule is Nc1ncccc(Cc2nnc3cccnn23)cco1. The van der Waals surface area contributed by atoms with Gasteiger partial charge in [0.25, 0.3) is 6.01 Å². The van der Waals surface area contributed by atoms with Gasteiger partial charge in [-0.05, 0) is 29.8 Å². The van der Waals surface area contributed by atoms with Gasteiger partial charge in [-0.3, -0.25) is 0 Å². The molecule has 2 N–H and O–H groups in total. The van der Waals surface area contributed by atoms with E-state index in [9.17, 15) is 0 Å². The molecule has 0 aliphatic carbocycles. The van der Waals surface area contributed by atoms with Crippen LogP contribution in [0.1, 0.15) is 11.4 Å². The van der Waals surface area contributed by atoms with Crippen LogP contribution in [0.25, 0.3) is 5.65 Å². The highest BCUT2D eigenvalue weighted by Gasteiger charge is 2.05. The molecule has 0 atom stereocenters. The van der Waals surface area contributed by atoms with Gasteiger partial charge in [-0.25, -0.2) is 4.98 Å². The van der Waals surface area contributed by atoms with Crippen LogP contribution in [0.3, 0.4) is 0 Å². The van der Waals surface area contributed by atoms with E-state index in [2.05, 4.69) is 20.3 Å². The van der Waals surface area contributed by atoms with Crippen LogP contribution in [0, 0.1) is 0 Å². The molecule has 20 heavy (non-hydrogen) atoms. The van der Waals surface area contributed by atoms with Crippen molar-refractivity contribution in [3.63, 3.8) is 0 Å². The number of rotatable bonds is 2. The number of aromatic nitrogens is 5. The van der Waals surface area contributed by atoms with Crippen molar-refractivity contribution in [2.45, 2.75) is 6.42 Å². The van der Waals surface area contributed by atoms with Gasteiger partial charge in [0.2, 0.25) is 0 Å². The lowest BCUT2D eigenvalue weighted by Crippen LogP contribution is -1.98. The van der Waals surface area contributed by atoms with Gasteiger partial charge in [-0.1, -0.05) is 6.07 Å². The van der Waals surface area contributed by atoms with Crippen molar-refractivity contribution in [1.29, 1.82) is 0 Å². The van der Waals surface area contributed by atoms with E-state index in [1.807, 2.05) is 24.3 Å². The van der Waals surface area contributed by atoms with Crippen molar-refractivity contribution in [2.24, 2.45) is 0 Å². The van der Waals surface area contributed by atoms with Crippen molar-refractivity contribution in [2.75, 3.05) is 5.73 Å². The van der Waals surface area contributed by atoms with Crippen LogP contribution < -0.4 is 5.73 Å². The van der Waals surface area contributed by atoms with Crippen molar-refractivity contribution < 1.29 is 4.42 Å². The highest BCUT2D eigenvalue weighted by molar-refractivity contribution is 5.35. The zero-order chi connectivity index (χ0) is 13.8. The highest BCUT2D eigenvalue weighted by Crippen LogP contribution is 2.07. The first-order valence-electron chi connectivity index (χ1n) is 6.00. The lowest BCUT2D eigenvalue weighted by molar-refractivity contribution is 0.559. The predicted molar refractivity (Wildman–Crippen MR) is 72.1 cm³/mol. The Morgan fingerprint density at radius 3 is 2.95 bits per heavy atom. The first-order valence-corrected chi connectivity index (χ1v) is 6.00. The van der Waals surface area contributed by atoms with Gasteiger partial charge >= 0.3 is 0 Å². The highest BCUT2D eigenvalue weighted by atomic mass is 16.3. The average Bonchev–Trinajstić information content (AvgIpc) is 2.89. The Balaban J connectivity index is 1.99. The Bertz CT molecular complexity index is 777. The topological polar surface area (TPSA) is 95.1 Å². The smallest absolute Gasteiger partial charge is 0.291 e. The van der Waals surface area contributed by atoms with E-state index in [1.54, 1.807) is 23.0 Å². The van der Waals surface area contributed by atoms with E-state index in [4.69, 9.17) is 10.2 Å². The fourth-order valence-corrected chi connectivity index (χ4v) is 1.76. The minimum Gasteiger partial charge on any atom is -0.434 e. The monoisotopic (exact) mass is 268 g/mol. The number of nitrogens with two attached hydrogens (primary N) is 1. The normalized spacial score (nSPS) is 10.4. The molecule has 0 saturated carbocycles. The summed E-state index contributed by atoms with van der Waals surface area (Å²) in [5.41, 5.74) is 7.19. The third-order valence-corrected chi connectivity index (χ3v) is 2.67. The second-order valence-electron chi connectivity index (χ2n) is 4.06. The van der Waals surface area contributed by atoms with Crippen LogP contribution in [-0.4, -0.2) is 24.8 Å². The number of fused-ring (bicyclic) bond motifs is 1. The largest absolute Gasteiger partial charge is 0.434 e. The molecule has 100 valence electrons. The van der Waals surface area contributed by atoms with Crippen LogP contribution in [0.2, 0.25) is 0 Å². The van der Waals surface area contributed by atoms with Gasteiger partial charge in [0.05, 0.1) is 6.26 Å². The predicted octanol–water partition coefficient (Wildman–Crippen LogP) is 1.41. The molecule has 3 rings (SSSR count). The zero-order valence-electron chi connectivity index (χ0n) is 10.5. The molecule has 0 bridgehead atoms. The van der Waals surface area contributed by atoms with E-state index in [0.29, 0.717) is 6.42 Å². The van der Waals surface area contributed by atoms with Crippen molar-refractivity contribution in [3.8, 4) is 0 Å². The first-order chi connectivity index (χ1) is 9.83. The van der Waals surface area contributed by atoms with E-state index in [0.717, 1.165) is 17.0 Å². The van der Waals surface area contributed by atoms with E-state index in [-0.39, 0.29) is 6.01 Å². The summed E-state index contributed by atoms with van der Waals surface area (Å²) in [5.74, 6) is 0.748. The van der Waals surface area contributed by atoms with Crippen LogP contribution in [0.4, 0.5) is 6.01 Å². The maximum Gasteiger partial charge on any atom is 0.291 e. The molecule has 0 aliphatic heterocycles. The van der Waals surface area contributed by atoms with Gasteiger partial charge < -0.3 is 10.2 Å². The Morgan fingerprint density at radius 2 is 2.00 bits per heavy atom. The van der Waals surface area contributed by atoms with Crippen molar-refractivity contribution in [1.82, 2.24) is 24.8 Å². The van der Waals surface area contributed by atoms with Gasteiger partial charge in [0, 0.05) is 18.8 Å². The quantitative estimate of drug-likeness (QED) is 0.755. The van der Waals surface area contributed by atoms with Gasteiger partial charge in [-0.15, -0.1) is 10.2 Å². The lowest BCUT2D eigenvalue weighted by atomic mass is 10.2. The third kappa shape index (κ3) is 2.56. The molecule has 0 spiro atoms. The molecule has 3 heterocycles. The standard InChI is InChI=1S/C13H12N6O/c14-13-15-6-1-3-10(5-8-20-13)9-12-18-17-11-4-2-7-16-19(11)12/h1-8H,9H2,(H2,14,15). The molecular formula is C13H12N6O. The maximum absolute atomic E-state index is 5.50. The minimum absolute atomic E-state index is 0.0988. The van der Waals surface area contributed by atoms with Crippen LogP contribution >= 0.6 is 0 Å². The minimum atomic E-state index is 0.0988. The Labute approximate surface area is 114 Å². The number of hydrogen-bond acceptors (Lipinski definition) is 6. The van der Waals surface area contributed by atoms with Crippen molar-refractivity contribution >= 4 is 11.7 Å². The lowest BCUT2D eigenvalue weighted by Gasteiger charge is -1.97. The molecule has 3 aromatic rings. The fourth-order valence-electron chi connectivity index (χ4n) is 1.76. The van der Waals surface area contributed by atoms with E-state index >= 15 is 0 Å². The molecule has 0 amide bonds. The molecule has 0 aliphatic rings. The number of nitrogens with zero attached hydrogens (tertiary/aromatic N) is 5. The van der Waals surface area contributed by atoms with Gasteiger partial charge in [0.1, 0.15) is 0 Å². The number of hydrogen-bond donors (Lipinski definition) is 1. The average molecular weight is 268 g/mol. The van der Waals surface area contributed by atoms with Crippen molar-refractivity contribution in [3.05, 3.63) is 60.4 Å². The molecule has 3 aromatic heterocycles. The van der Waals surface area contributed by atoms with Crippen LogP contribution in [0.15, 0.2) is 53.4 Å². The number of anilines is 1. The Kier molecular flexibility index (Phi) is 3.24. The molecule has 7 heteroatoms. The summed E-state index contributed by atoms with van der Waals surface area (Å²) in [6.07, 6.45) is 5.34. The Morgan fingerprint density at radius 1 is 1.10 bits per heavy atom. The zero-order valence-corrected chi connectivity index (χ0v) is 10.5. The summed E-state index contributed by atoms with van der Waals surface area (Å²) in [6, 6.07) is 9.28.